The fourth-order valence-electron chi connectivity index (χ4n) is 3.36. The summed E-state index contributed by atoms with van der Waals surface area (Å²) < 4.78 is 10.4. The average Bonchev–Trinajstić information content (AvgIpc) is 3.03. The second kappa shape index (κ2) is 9.09. The third kappa shape index (κ3) is 5.14. The molecule has 7 nitrogen and oxygen atoms in total. The van der Waals surface area contributed by atoms with Crippen molar-refractivity contribution in [3.05, 3.63) is 45.3 Å². The van der Waals surface area contributed by atoms with Crippen LogP contribution in [-0.2, 0) is 27.2 Å². The summed E-state index contributed by atoms with van der Waals surface area (Å²) in [4.78, 5) is 37.0. The number of esters is 1. The van der Waals surface area contributed by atoms with Crippen LogP contribution >= 0.6 is 11.3 Å². The molecule has 0 fully saturated rings. The minimum absolute atomic E-state index is 0.295. The third-order valence-corrected chi connectivity index (χ3v) is 5.92. The molecule has 1 heterocycles. The molecule has 0 aliphatic heterocycles. The summed E-state index contributed by atoms with van der Waals surface area (Å²) in [5, 5.41) is 3.08. The van der Waals surface area contributed by atoms with E-state index < -0.39 is 24.4 Å². The normalized spacial score (nSPS) is 12.8. The van der Waals surface area contributed by atoms with Crippen LogP contribution in [0.4, 0.5) is 5.00 Å². The number of carbonyl (C=O) groups is 3. The molecular weight excluding hydrogens is 392 g/mol. The maximum Gasteiger partial charge on any atom is 0.344 e. The van der Waals surface area contributed by atoms with E-state index in [4.69, 9.17) is 15.2 Å². The van der Waals surface area contributed by atoms with Crippen molar-refractivity contribution < 1.29 is 23.9 Å². The van der Waals surface area contributed by atoms with Crippen molar-refractivity contribution in [2.24, 2.45) is 5.73 Å². The van der Waals surface area contributed by atoms with Crippen molar-refractivity contribution in [2.45, 2.75) is 39.5 Å². The van der Waals surface area contributed by atoms with E-state index in [-0.39, 0.29) is 6.61 Å². The van der Waals surface area contributed by atoms with Gasteiger partial charge in [-0.3, -0.25) is 9.59 Å². The number of aryl methyl sites for hydroxylation is 3. The summed E-state index contributed by atoms with van der Waals surface area (Å²) in [6, 6.07) is 5.62. The zero-order chi connectivity index (χ0) is 21.0. The van der Waals surface area contributed by atoms with Gasteiger partial charge in [-0.25, -0.2) is 4.79 Å². The largest absolute Gasteiger partial charge is 0.482 e. The Morgan fingerprint density at radius 2 is 1.90 bits per heavy atom. The Labute approximate surface area is 173 Å². The Morgan fingerprint density at radius 3 is 2.62 bits per heavy atom. The number of amides is 2. The SMILES string of the molecule is Cc1ccc(OCC(=O)OCC(=O)Nc2sc3c(c2C(N)=O)CCCC3)c(C)c1. The quantitative estimate of drug-likeness (QED) is 0.675. The van der Waals surface area contributed by atoms with Crippen molar-refractivity contribution in [3.8, 4) is 5.75 Å². The summed E-state index contributed by atoms with van der Waals surface area (Å²) in [6.45, 7) is 3.10. The van der Waals surface area contributed by atoms with Crippen LogP contribution in [0.5, 0.6) is 5.75 Å². The number of rotatable bonds is 7. The van der Waals surface area contributed by atoms with Crippen LogP contribution in [0.2, 0.25) is 0 Å². The van der Waals surface area contributed by atoms with Crippen LogP contribution in [0, 0.1) is 13.8 Å². The van der Waals surface area contributed by atoms with Crippen LogP contribution in [0.1, 0.15) is 44.8 Å². The van der Waals surface area contributed by atoms with Gasteiger partial charge in [0.25, 0.3) is 11.8 Å². The summed E-state index contributed by atoms with van der Waals surface area (Å²) >= 11 is 1.37. The van der Waals surface area contributed by atoms with E-state index in [1.165, 1.54) is 11.3 Å². The zero-order valence-corrected chi connectivity index (χ0v) is 17.3. The van der Waals surface area contributed by atoms with E-state index >= 15 is 0 Å². The Bertz CT molecular complexity index is 951. The molecule has 0 saturated heterocycles. The number of benzene rings is 1. The van der Waals surface area contributed by atoms with Crippen molar-refractivity contribution in [1.82, 2.24) is 0 Å². The van der Waals surface area contributed by atoms with Crippen LogP contribution in [-0.4, -0.2) is 31.0 Å². The van der Waals surface area contributed by atoms with Crippen LogP contribution < -0.4 is 15.8 Å². The first-order valence-corrected chi connectivity index (χ1v) is 10.3. The van der Waals surface area contributed by atoms with E-state index in [1.54, 1.807) is 6.07 Å². The van der Waals surface area contributed by atoms with Crippen LogP contribution in [0.25, 0.3) is 0 Å². The number of ether oxygens (including phenoxy) is 2. The molecule has 0 atom stereocenters. The lowest BCUT2D eigenvalue weighted by molar-refractivity contribution is -0.149. The Morgan fingerprint density at radius 1 is 1.14 bits per heavy atom. The number of anilines is 1. The highest BCUT2D eigenvalue weighted by Gasteiger charge is 2.25. The first kappa shape index (κ1) is 20.9. The Kier molecular flexibility index (Phi) is 6.53. The highest BCUT2D eigenvalue weighted by Crippen LogP contribution is 2.37. The highest BCUT2D eigenvalue weighted by molar-refractivity contribution is 7.17. The summed E-state index contributed by atoms with van der Waals surface area (Å²) in [5.74, 6) is -1.14. The molecule has 3 rings (SSSR count). The molecule has 2 aromatic rings. The van der Waals surface area contributed by atoms with E-state index in [0.717, 1.165) is 47.3 Å². The van der Waals surface area contributed by atoms with Gasteiger partial charge >= 0.3 is 5.97 Å². The lowest BCUT2D eigenvalue weighted by atomic mass is 9.95. The van der Waals surface area contributed by atoms with Gasteiger partial charge in [0.1, 0.15) is 10.8 Å². The van der Waals surface area contributed by atoms with Gasteiger partial charge in [-0.05, 0) is 56.7 Å². The van der Waals surface area contributed by atoms with E-state index in [1.807, 2.05) is 26.0 Å². The van der Waals surface area contributed by atoms with Crippen LogP contribution in [0.3, 0.4) is 0 Å². The molecule has 0 spiro atoms. The van der Waals surface area contributed by atoms with E-state index in [2.05, 4.69) is 5.32 Å². The van der Waals surface area contributed by atoms with Gasteiger partial charge in [-0.1, -0.05) is 17.7 Å². The maximum atomic E-state index is 12.2. The lowest BCUT2D eigenvalue weighted by Crippen LogP contribution is -2.24. The van der Waals surface area contributed by atoms with Gasteiger partial charge in [-0.2, -0.15) is 0 Å². The maximum absolute atomic E-state index is 12.2. The zero-order valence-electron chi connectivity index (χ0n) is 16.5. The predicted octanol–water partition coefficient (Wildman–Crippen LogP) is 2.90. The third-order valence-electron chi connectivity index (χ3n) is 4.71. The number of nitrogens with one attached hydrogen (secondary N) is 1. The minimum Gasteiger partial charge on any atom is -0.482 e. The standard InChI is InChI=1S/C21H24N2O5S/c1-12-7-8-15(13(2)9-12)27-11-18(25)28-10-17(24)23-21-19(20(22)26)14-5-3-4-6-16(14)29-21/h7-9H,3-6,10-11H2,1-2H3,(H2,22,26)(H,23,24). The van der Waals surface area contributed by atoms with Gasteiger partial charge in [0.05, 0.1) is 5.56 Å². The van der Waals surface area contributed by atoms with Gasteiger partial charge in [-0.15, -0.1) is 11.3 Å². The number of nitrogens with two attached hydrogens (primary N) is 1. The average molecular weight is 416 g/mol. The molecule has 3 N–H and O–H groups in total. The predicted molar refractivity (Wildman–Crippen MR) is 110 cm³/mol. The fraction of sp³-hybridized carbons (Fsp3) is 0.381. The van der Waals surface area contributed by atoms with Crippen molar-refractivity contribution in [2.75, 3.05) is 18.5 Å². The van der Waals surface area contributed by atoms with Crippen molar-refractivity contribution in [3.63, 3.8) is 0 Å². The molecule has 29 heavy (non-hydrogen) atoms. The molecular formula is C21H24N2O5S. The van der Waals surface area contributed by atoms with E-state index in [0.29, 0.717) is 16.3 Å². The first-order chi connectivity index (χ1) is 13.8. The summed E-state index contributed by atoms with van der Waals surface area (Å²) in [6.07, 6.45) is 3.71. The van der Waals surface area contributed by atoms with Crippen LogP contribution in [0.15, 0.2) is 18.2 Å². The molecule has 154 valence electrons. The molecule has 0 saturated carbocycles. The van der Waals surface area contributed by atoms with Gasteiger partial charge in [0.2, 0.25) is 0 Å². The Balaban J connectivity index is 1.53. The fourth-order valence-corrected chi connectivity index (χ4v) is 4.67. The minimum atomic E-state index is -0.652. The smallest absolute Gasteiger partial charge is 0.344 e. The number of fused-ring (bicyclic) bond motifs is 1. The molecule has 0 unspecified atom stereocenters. The lowest BCUT2D eigenvalue weighted by Gasteiger charge is -2.11. The molecule has 1 aromatic heterocycles. The molecule has 1 aliphatic carbocycles. The summed E-state index contributed by atoms with van der Waals surface area (Å²) in [5.41, 5.74) is 8.83. The second-order valence-corrected chi connectivity index (χ2v) is 8.15. The van der Waals surface area contributed by atoms with Gasteiger partial charge in [0, 0.05) is 4.88 Å². The van der Waals surface area contributed by atoms with Gasteiger partial charge in [0.15, 0.2) is 13.2 Å². The Hall–Kier alpha value is -2.87. The summed E-state index contributed by atoms with van der Waals surface area (Å²) in [7, 11) is 0. The molecule has 2 amide bonds. The van der Waals surface area contributed by atoms with E-state index in [9.17, 15) is 14.4 Å². The molecule has 0 bridgehead atoms. The second-order valence-electron chi connectivity index (χ2n) is 7.05. The number of hydrogen-bond donors (Lipinski definition) is 2. The topological polar surface area (TPSA) is 108 Å². The molecule has 1 aromatic carbocycles. The molecule has 0 radical (unpaired) electrons. The molecule has 1 aliphatic rings. The number of carbonyl (C=O) groups excluding carboxylic acids is 3. The van der Waals surface area contributed by atoms with Crippen molar-refractivity contribution in [1.29, 1.82) is 0 Å². The highest BCUT2D eigenvalue weighted by atomic mass is 32.1. The van der Waals surface area contributed by atoms with Crippen molar-refractivity contribution >= 4 is 34.1 Å². The first-order valence-electron chi connectivity index (χ1n) is 9.45. The number of thiophene rings is 1. The monoisotopic (exact) mass is 416 g/mol. The number of primary amides is 1. The molecule has 8 heteroatoms. The van der Waals surface area contributed by atoms with Gasteiger partial charge < -0.3 is 20.5 Å². The number of hydrogen-bond acceptors (Lipinski definition) is 6.